The number of aromatic nitrogens is 1. The molecule has 4 rings (SSSR count). The van der Waals surface area contributed by atoms with Crippen molar-refractivity contribution in [2.24, 2.45) is 5.92 Å². The van der Waals surface area contributed by atoms with Gasteiger partial charge in [-0.05, 0) is 35.9 Å². The van der Waals surface area contributed by atoms with E-state index in [4.69, 9.17) is 21.1 Å². The van der Waals surface area contributed by atoms with Crippen LogP contribution in [-0.2, 0) is 4.79 Å². The molecule has 1 amide bonds. The van der Waals surface area contributed by atoms with Crippen molar-refractivity contribution in [3.8, 4) is 17.2 Å². The van der Waals surface area contributed by atoms with E-state index in [1.54, 1.807) is 50.4 Å². The van der Waals surface area contributed by atoms with E-state index in [0.717, 1.165) is 5.56 Å². The number of nitrogens with zero attached hydrogens (tertiary/aromatic N) is 1. The Bertz CT molecular complexity index is 1070. The predicted molar refractivity (Wildman–Crippen MR) is 106 cm³/mol. The van der Waals surface area contributed by atoms with Gasteiger partial charge in [0.15, 0.2) is 11.5 Å². The molecule has 0 bridgehead atoms. The van der Waals surface area contributed by atoms with Crippen molar-refractivity contribution in [1.82, 2.24) is 10.3 Å². The molecule has 28 heavy (non-hydrogen) atoms. The molecule has 1 aliphatic rings. The number of rotatable bonds is 4. The van der Waals surface area contributed by atoms with Crippen LogP contribution in [0, 0.1) is 5.92 Å². The van der Waals surface area contributed by atoms with Gasteiger partial charge in [-0.1, -0.05) is 31.5 Å². The van der Waals surface area contributed by atoms with Crippen molar-refractivity contribution in [3.63, 3.8) is 0 Å². The summed E-state index contributed by atoms with van der Waals surface area (Å²) in [6.45, 7) is 3.76. The normalized spacial score (nSPS) is 13.7. The topological polar surface area (TPSA) is 80.7 Å². The first kappa shape index (κ1) is 18.4. The highest BCUT2D eigenvalue weighted by molar-refractivity contribution is 6.35. The third-order valence-electron chi connectivity index (χ3n) is 4.70. The lowest BCUT2D eigenvalue weighted by Crippen LogP contribution is -2.32. The van der Waals surface area contributed by atoms with Crippen LogP contribution in [0.15, 0.2) is 42.6 Å². The van der Waals surface area contributed by atoms with E-state index in [9.17, 15) is 9.90 Å². The molecular formula is C21H19ClN2O4. The fourth-order valence-corrected chi connectivity index (χ4v) is 3.44. The lowest BCUT2D eigenvalue weighted by atomic mass is 9.95. The third kappa shape index (κ3) is 3.20. The van der Waals surface area contributed by atoms with Gasteiger partial charge in [0.25, 0.3) is 0 Å². The van der Waals surface area contributed by atoms with E-state index in [1.807, 2.05) is 6.07 Å². The molecule has 6 nitrogen and oxygen atoms in total. The van der Waals surface area contributed by atoms with Gasteiger partial charge in [-0.15, -0.1) is 0 Å². The molecule has 3 aromatic rings. The molecule has 144 valence electrons. The number of hydrogen-bond acceptors (Lipinski definition) is 5. The molecule has 1 aliphatic heterocycles. The largest absolute Gasteiger partial charge is 0.505 e. The van der Waals surface area contributed by atoms with E-state index >= 15 is 0 Å². The molecule has 0 spiro atoms. The number of amides is 1. The summed E-state index contributed by atoms with van der Waals surface area (Å²) in [5, 5.41) is 15.0. The van der Waals surface area contributed by atoms with E-state index < -0.39 is 6.04 Å². The van der Waals surface area contributed by atoms with Crippen LogP contribution in [0.5, 0.6) is 17.2 Å². The van der Waals surface area contributed by atoms with Crippen molar-refractivity contribution in [1.29, 1.82) is 0 Å². The first-order valence-corrected chi connectivity index (χ1v) is 9.29. The molecule has 0 unspecified atom stereocenters. The zero-order chi connectivity index (χ0) is 19.8. The summed E-state index contributed by atoms with van der Waals surface area (Å²) in [4.78, 5) is 16.8. The van der Waals surface area contributed by atoms with Gasteiger partial charge in [0.05, 0.1) is 11.1 Å². The standard InChI is InChI=1S/C21H19ClN2O4/c1-11(2)21(26)24-18(12-5-6-16-17(8-12)28-10-27-16)14-9-15(22)13-4-3-7-23-19(13)20(14)25/h3-9,11,18,25H,10H2,1-2H3,(H,24,26)/t18-/m0/s1. The van der Waals surface area contributed by atoms with Crippen LogP contribution < -0.4 is 14.8 Å². The Balaban J connectivity index is 1.87. The van der Waals surface area contributed by atoms with Crippen LogP contribution in [0.25, 0.3) is 10.9 Å². The molecular weight excluding hydrogens is 380 g/mol. The van der Waals surface area contributed by atoms with Crippen molar-refractivity contribution < 1.29 is 19.4 Å². The van der Waals surface area contributed by atoms with Crippen LogP contribution in [0.1, 0.15) is 31.0 Å². The Labute approximate surface area is 167 Å². The Morgan fingerprint density at radius 1 is 1.21 bits per heavy atom. The van der Waals surface area contributed by atoms with E-state index in [-0.39, 0.29) is 24.4 Å². The SMILES string of the molecule is CC(C)C(=O)N[C@@H](c1ccc2c(c1)OCO2)c1cc(Cl)c2cccnc2c1O. The summed E-state index contributed by atoms with van der Waals surface area (Å²) in [6, 6.07) is 9.98. The van der Waals surface area contributed by atoms with E-state index in [0.29, 0.717) is 33.0 Å². The quantitative estimate of drug-likeness (QED) is 0.689. The second-order valence-electron chi connectivity index (χ2n) is 6.90. The highest BCUT2D eigenvalue weighted by Crippen LogP contribution is 2.41. The fraction of sp³-hybridized carbons (Fsp3) is 0.238. The number of nitrogens with one attached hydrogen (secondary N) is 1. The summed E-state index contributed by atoms with van der Waals surface area (Å²) >= 11 is 6.45. The number of halogens is 1. The summed E-state index contributed by atoms with van der Waals surface area (Å²) in [6.07, 6.45) is 1.59. The number of carbonyl (C=O) groups is 1. The number of benzene rings is 2. The minimum absolute atomic E-state index is 0.0216. The molecule has 2 N–H and O–H groups in total. The van der Waals surface area contributed by atoms with Crippen LogP contribution in [0.3, 0.4) is 0 Å². The molecule has 0 saturated heterocycles. The van der Waals surface area contributed by atoms with Crippen molar-refractivity contribution >= 4 is 28.4 Å². The van der Waals surface area contributed by atoms with Gasteiger partial charge < -0.3 is 19.9 Å². The van der Waals surface area contributed by atoms with E-state index in [2.05, 4.69) is 10.3 Å². The van der Waals surface area contributed by atoms with E-state index in [1.165, 1.54) is 0 Å². The Morgan fingerprint density at radius 2 is 2.00 bits per heavy atom. The average molecular weight is 399 g/mol. The second kappa shape index (κ2) is 7.20. The summed E-state index contributed by atoms with van der Waals surface area (Å²) in [5.74, 6) is 0.824. The highest BCUT2D eigenvalue weighted by Gasteiger charge is 2.26. The minimum atomic E-state index is -0.631. The average Bonchev–Trinajstić information content (AvgIpc) is 3.16. The smallest absolute Gasteiger partial charge is 0.231 e. The van der Waals surface area contributed by atoms with Crippen LogP contribution >= 0.6 is 11.6 Å². The van der Waals surface area contributed by atoms with Gasteiger partial charge in [-0.25, -0.2) is 0 Å². The van der Waals surface area contributed by atoms with Gasteiger partial charge in [0.1, 0.15) is 11.3 Å². The first-order valence-electron chi connectivity index (χ1n) is 8.91. The summed E-state index contributed by atoms with van der Waals surface area (Å²) in [7, 11) is 0. The van der Waals surface area contributed by atoms with Crippen LogP contribution in [0.4, 0.5) is 0 Å². The van der Waals surface area contributed by atoms with Crippen LogP contribution in [-0.4, -0.2) is 22.8 Å². The van der Waals surface area contributed by atoms with Gasteiger partial charge in [-0.3, -0.25) is 9.78 Å². The number of fused-ring (bicyclic) bond motifs is 2. The maximum atomic E-state index is 12.5. The molecule has 2 heterocycles. The lowest BCUT2D eigenvalue weighted by molar-refractivity contribution is -0.124. The minimum Gasteiger partial charge on any atom is -0.505 e. The zero-order valence-corrected chi connectivity index (χ0v) is 16.2. The molecule has 0 saturated carbocycles. The summed E-state index contributed by atoms with van der Waals surface area (Å²) in [5.41, 5.74) is 1.58. The molecule has 1 aromatic heterocycles. The van der Waals surface area contributed by atoms with Gasteiger partial charge >= 0.3 is 0 Å². The molecule has 0 aliphatic carbocycles. The maximum absolute atomic E-state index is 12.5. The molecule has 7 heteroatoms. The number of phenols is 1. The molecule has 1 atom stereocenters. The van der Waals surface area contributed by atoms with Gasteiger partial charge in [0.2, 0.25) is 12.7 Å². The number of pyridine rings is 1. The monoisotopic (exact) mass is 398 g/mol. The molecule has 0 fully saturated rings. The third-order valence-corrected chi connectivity index (χ3v) is 5.01. The summed E-state index contributed by atoms with van der Waals surface area (Å²) < 4.78 is 10.8. The Hall–Kier alpha value is -2.99. The van der Waals surface area contributed by atoms with Crippen molar-refractivity contribution in [2.45, 2.75) is 19.9 Å². The first-order chi connectivity index (χ1) is 13.5. The number of ether oxygens (including phenoxy) is 2. The Kier molecular flexibility index (Phi) is 4.73. The predicted octanol–water partition coefficient (Wildman–Crippen LogP) is 4.18. The zero-order valence-electron chi connectivity index (χ0n) is 15.4. The van der Waals surface area contributed by atoms with Gasteiger partial charge in [-0.2, -0.15) is 0 Å². The lowest BCUT2D eigenvalue weighted by Gasteiger charge is -2.23. The van der Waals surface area contributed by atoms with Gasteiger partial charge in [0, 0.05) is 23.1 Å². The maximum Gasteiger partial charge on any atom is 0.231 e. The highest BCUT2D eigenvalue weighted by atomic mass is 35.5. The number of phenolic OH excluding ortho intramolecular Hbond substituents is 1. The number of aromatic hydroxyl groups is 1. The molecule has 0 radical (unpaired) electrons. The van der Waals surface area contributed by atoms with Crippen molar-refractivity contribution in [3.05, 3.63) is 58.7 Å². The van der Waals surface area contributed by atoms with Crippen molar-refractivity contribution in [2.75, 3.05) is 6.79 Å². The number of carbonyl (C=O) groups excluding carboxylic acids is 1. The van der Waals surface area contributed by atoms with Crippen LogP contribution in [0.2, 0.25) is 5.02 Å². The fourth-order valence-electron chi connectivity index (χ4n) is 3.17. The molecule has 2 aromatic carbocycles. The number of hydrogen-bond donors (Lipinski definition) is 2. The Morgan fingerprint density at radius 3 is 2.79 bits per heavy atom. The second-order valence-corrected chi connectivity index (χ2v) is 7.31.